The molecule has 0 amide bonds. The average Bonchev–Trinajstić information content (AvgIpc) is 2.20. The Bertz CT molecular complexity index is 406. The molecule has 14 heavy (non-hydrogen) atoms. The van der Waals surface area contributed by atoms with E-state index in [-0.39, 0.29) is 24.0 Å². The van der Waals surface area contributed by atoms with Crippen molar-refractivity contribution in [3.8, 4) is 11.3 Å². The van der Waals surface area contributed by atoms with Gasteiger partial charge in [-0.1, -0.05) is 4.98 Å². The maximum atomic E-state index is 4.03. The van der Waals surface area contributed by atoms with Crippen LogP contribution in [0, 0.1) is 3.57 Å². The molecular formula is C9H7I2N3. The van der Waals surface area contributed by atoms with Gasteiger partial charge in [0.1, 0.15) is 11.9 Å². The number of aromatic nitrogens is 3. The summed E-state index contributed by atoms with van der Waals surface area (Å²) in [4.78, 5) is 11.0. The Balaban J connectivity index is 0.000000980. The molecule has 5 heteroatoms. The quantitative estimate of drug-likeness (QED) is 0.541. The van der Waals surface area contributed by atoms with Gasteiger partial charge in [-0.2, -0.15) is 0 Å². The molecule has 72 valence electrons. The number of hydrogen-bond acceptors (Lipinski definition) is 2. The van der Waals surface area contributed by atoms with Crippen LogP contribution in [0.1, 0.15) is 0 Å². The summed E-state index contributed by atoms with van der Waals surface area (Å²) in [5.74, 6) is 0. The topological polar surface area (TPSA) is 39.9 Å². The SMILES string of the molecule is Ic1cnccc1-c1ccnc[nH+]1.[I-]. The average molecular weight is 411 g/mol. The molecule has 0 aliphatic rings. The van der Waals surface area contributed by atoms with E-state index in [1.165, 1.54) is 0 Å². The molecule has 2 aromatic rings. The summed E-state index contributed by atoms with van der Waals surface area (Å²) in [6.07, 6.45) is 7.06. The van der Waals surface area contributed by atoms with Crippen molar-refractivity contribution < 1.29 is 29.0 Å². The van der Waals surface area contributed by atoms with Gasteiger partial charge in [-0.15, -0.1) is 0 Å². The Kier molecular flexibility index (Phi) is 4.66. The molecule has 3 nitrogen and oxygen atoms in total. The molecule has 2 rings (SSSR count). The third-order valence-electron chi connectivity index (χ3n) is 1.68. The van der Waals surface area contributed by atoms with Gasteiger partial charge in [-0.25, -0.2) is 4.98 Å². The summed E-state index contributed by atoms with van der Waals surface area (Å²) in [6, 6.07) is 3.92. The summed E-state index contributed by atoms with van der Waals surface area (Å²) < 4.78 is 1.13. The van der Waals surface area contributed by atoms with Crippen molar-refractivity contribution in [1.82, 2.24) is 9.97 Å². The minimum Gasteiger partial charge on any atom is -1.00 e. The van der Waals surface area contributed by atoms with Gasteiger partial charge in [0.05, 0.1) is 0 Å². The standard InChI is InChI=1S/C9H6IN3.HI/c10-8-5-11-3-1-7(8)9-2-4-12-6-13-9;/h1-6H;1H. The van der Waals surface area contributed by atoms with Gasteiger partial charge in [0, 0.05) is 27.6 Å². The van der Waals surface area contributed by atoms with Crippen LogP contribution >= 0.6 is 22.6 Å². The van der Waals surface area contributed by atoms with E-state index in [2.05, 4.69) is 37.5 Å². The molecule has 0 atom stereocenters. The second-order valence-electron chi connectivity index (χ2n) is 2.51. The lowest BCUT2D eigenvalue weighted by Gasteiger charge is -1.98. The Morgan fingerprint density at radius 1 is 1.14 bits per heavy atom. The summed E-state index contributed by atoms with van der Waals surface area (Å²) in [5, 5.41) is 0. The third-order valence-corrected chi connectivity index (χ3v) is 2.54. The monoisotopic (exact) mass is 411 g/mol. The van der Waals surface area contributed by atoms with Crippen LogP contribution in [-0.4, -0.2) is 9.97 Å². The molecule has 0 saturated carbocycles. The second-order valence-corrected chi connectivity index (χ2v) is 3.67. The Hall–Kier alpha value is -0.310. The highest BCUT2D eigenvalue weighted by Crippen LogP contribution is 2.19. The lowest BCUT2D eigenvalue weighted by molar-refractivity contribution is -0.369. The molecule has 0 saturated heterocycles. The van der Waals surface area contributed by atoms with Crippen molar-refractivity contribution in [3.05, 3.63) is 40.6 Å². The number of pyridine rings is 1. The predicted octanol–water partition coefficient (Wildman–Crippen LogP) is -1.43. The van der Waals surface area contributed by atoms with E-state index in [1.807, 2.05) is 18.3 Å². The van der Waals surface area contributed by atoms with Crippen molar-refractivity contribution in [1.29, 1.82) is 0 Å². The molecule has 2 aromatic heterocycles. The van der Waals surface area contributed by atoms with E-state index in [4.69, 9.17) is 0 Å². The van der Waals surface area contributed by atoms with Crippen LogP contribution in [0.15, 0.2) is 37.1 Å². The Labute approximate surface area is 113 Å². The van der Waals surface area contributed by atoms with Crippen molar-refractivity contribution in [3.63, 3.8) is 0 Å². The smallest absolute Gasteiger partial charge is 0.284 e. The molecule has 0 aliphatic carbocycles. The minimum absolute atomic E-state index is 0. The van der Waals surface area contributed by atoms with Gasteiger partial charge in [0.25, 0.3) is 6.33 Å². The lowest BCUT2D eigenvalue weighted by atomic mass is 10.2. The first-order valence-electron chi connectivity index (χ1n) is 3.79. The number of nitrogens with one attached hydrogen (secondary N) is 1. The van der Waals surface area contributed by atoms with E-state index in [9.17, 15) is 0 Å². The van der Waals surface area contributed by atoms with Crippen LogP contribution in [0.3, 0.4) is 0 Å². The zero-order chi connectivity index (χ0) is 9.10. The van der Waals surface area contributed by atoms with Crippen LogP contribution in [0.4, 0.5) is 0 Å². The highest BCUT2D eigenvalue weighted by molar-refractivity contribution is 14.1. The molecule has 0 aliphatic heterocycles. The number of rotatable bonds is 1. The van der Waals surface area contributed by atoms with E-state index >= 15 is 0 Å². The third kappa shape index (κ3) is 2.59. The molecule has 0 aromatic carbocycles. The largest absolute Gasteiger partial charge is 1.00 e. The number of nitrogens with zero attached hydrogens (tertiary/aromatic N) is 2. The molecule has 1 N–H and O–H groups in total. The molecule has 0 spiro atoms. The summed E-state index contributed by atoms with van der Waals surface area (Å²) in [7, 11) is 0. The summed E-state index contributed by atoms with van der Waals surface area (Å²) >= 11 is 2.26. The fraction of sp³-hybridized carbons (Fsp3) is 0. The minimum atomic E-state index is 0. The molecule has 0 radical (unpaired) electrons. The van der Waals surface area contributed by atoms with E-state index in [0.29, 0.717) is 0 Å². The molecule has 0 bridgehead atoms. The fourth-order valence-corrected chi connectivity index (χ4v) is 1.71. The second kappa shape index (κ2) is 5.54. The van der Waals surface area contributed by atoms with Gasteiger partial charge in [0.15, 0.2) is 0 Å². The van der Waals surface area contributed by atoms with Gasteiger partial charge in [-0.3, -0.25) is 4.98 Å². The van der Waals surface area contributed by atoms with Gasteiger partial charge < -0.3 is 24.0 Å². The van der Waals surface area contributed by atoms with Crippen molar-refractivity contribution in [2.45, 2.75) is 0 Å². The van der Waals surface area contributed by atoms with Crippen LogP contribution in [0.2, 0.25) is 0 Å². The van der Waals surface area contributed by atoms with Crippen LogP contribution < -0.4 is 29.0 Å². The van der Waals surface area contributed by atoms with Crippen LogP contribution in [0.25, 0.3) is 11.3 Å². The maximum absolute atomic E-state index is 4.03. The van der Waals surface area contributed by atoms with E-state index in [1.54, 1.807) is 18.7 Å². The fourth-order valence-electron chi connectivity index (χ4n) is 1.08. The predicted molar refractivity (Wildman–Crippen MR) is 56.7 cm³/mol. The highest BCUT2D eigenvalue weighted by Gasteiger charge is 2.04. The first-order valence-corrected chi connectivity index (χ1v) is 4.87. The van der Waals surface area contributed by atoms with E-state index < -0.39 is 0 Å². The van der Waals surface area contributed by atoms with E-state index in [0.717, 1.165) is 14.8 Å². The zero-order valence-electron chi connectivity index (χ0n) is 7.11. The van der Waals surface area contributed by atoms with Gasteiger partial charge in [-0.05, 0) is 28.7 Å². The van der Waals surface area contributed by atoms with Crippen molar-refractivity contribution in [2.24, 2.45) is 0 Å². The molecular weight excluding hydrogens is 404 g/mol. The van der Waals surface area contributed by atoms with Crippen molar-refractivity contribution in [2.75, 3.05) is 0 Å². The van der Waals surface area contributed by atoms with Gasteiger partial charge >= 0.3 is 0 Å². The number of halogens is 2. The van der Waals surface area contributed by atoms with Gasteiger partial charge in [0.2, 0.25) is 0 Å². The van der Waals surface area contributed by atoms with Crippen LogP contribution in [0.5, 0.6) is 0 Å². The number of H-pyrrole nitrogens is 1. The summed E-state index contributed by atoms with van der Waals surface area (Å²) in [6.45, 7) is 0. The highest BCUT2D eigenvalue weighted by atomic mass is 127. The summed E-state index contributed by atoms with van der Waals surface area (Å²) in [5.41, 5.74) is 2.21. The van der Waals surface area contributed by atoms with Crippen LogP contribution in [-0.2, 0) is 0 Å². The molecule has 0 unspecified atom stereocenters. The lowest BCUT2D eigenvalue weighted by Crippen LogP contribution is -3.00. The first kappa shape index (κ1) is 11.8. The number of hydrogen-bond donors (Lipinski definition) is 0. The number of aromatic amines is 1. The molecule has 0 fully saturated rings. The van der Waals surface area contributed by atoms with Crippen molar-refractivity contribution >= 4 is 22.6 Å². The first-order chi connectivity index (χ1) is 6.38. The normalized spacial score (nSPS) is 9.21. The molecule has 2 heterocycles. The Morgan fingerprint density at radius 2 is 1.93 bits per heavy atom. The Morgan fingerprint density at radius 3 is 2.57 bits per heavy atom. The zero-order valence-corrected chi connectivity index (χ0v) is 11.4. The maximum Gasteiger partial charge on any atom is 0.284 e.